The molecule has 2 rings (SSSR count). The number of aliphatic carboxylic acids is 1. The molecule has 1 amide bonds. The van der Waals surface area contributed by atoms with Gasteiger partial charge in [0.1, 0.15) is 6.04 Å². The Morgan fingerprint density at radius 2 is 1.82 bits per heavy atom. The van der Waals surface area contributed by atoms with Gasteiger partial charge in [-0.3, -0.25) is 13.9 Å². The molecule has 0 unspecified atom stereocenters. The molecule has 1 heterocycles. The van der Waals surface area contributed by atoms with Crippen molar-refractivity contribution in [2.24, 2.45) is 0 Å². The number of aryl methyl sites for hydroxylation is 1. The molecular weight excluding hydrogens is 308 g/mol. The van der Waals surface area contributed by atoms with Crippen molar-refractivity contribution in [2.45, 2.75) is 24.3 Å². The van der Waals surface area contributed by atoms with Crippen LogP contribution in [0, 0.1) is 6.92 Å². The second-order valence-electron chi connectivity index (χ2n) is 5.01. The fraction of sp³-hybridized carbons (Fsp3) is 0.286. The van der Waals surface area contributed by atoms with Crippen LogP contribution in [0.15, 0.2) is 41.6 Å². The third kappa shape index (κ3) is 2.96. The van der Waals surface area contributed by atoms with Crippen molar-refractivity contribution in [3.63, 3.8) is 0 Å². The van der Waals surface area contributed by atoms with E-state index < -0.39 is 34.4 Å². The maximum absolute atomic E-state index is 12.7. The smallest absolute Gasteiger partial charge is 0.306 e. The number of hydrogen-bond acceptors (Lipinski definition) is 4. The average molecular weight is 324 g/mol. The molecule has 22 heavy (non-hydrogen) atoms. The molecule has 1 aromatic rings. The number of carboxylic acid groups (broad SMARTS) is 1. The number of hydrogen-bond donors (Lipinski definition) is 1. The molecule has 7 nitrogen and oxygen atoms in total. The van der Waals surface area contributed by atoms with Gasteiger partial charge in [-0.15, -0.1) is 0 Å². The van der Waals surface area contributed by atoms with Gasteiger partial charge in [0, 0.05) is 19.4 Å². The normalized spacial score (nSPS) is 18.6. The van der Waals surface area contributed by atoms with Gasteiger partial charge in [0.05, 0.1) is 11.3 Å². The van der Waals surface area contributed by atoms with Crippen LogP contribution in [0.3, 0.4) is 0 Å². The van der Waals surface area contributed by atoms with E-state index in [1.54, 1.807) is 12.1 Å². The van der Waals surface area contributed by atoms with Crippen molar-refractivity contribution in [3.05, 3.63) is 42.2 Å². The minimum absolute atomic E-state index is 0.00971. The number of sulfonamides is 1. The Morgan fingerprint density at radius 1 is 1.23 bits per heavy atom. The van der Waals surface area contributed by atoms with E-state index >= 15 is 0 Å². The first-order valence-corrected chi connectivity index (χ1v) is 7.94. The average Bonchev–Trinajstić information content (AvgIpc) is 2.44. The molecular formula is C14H16N2O5S. The Bertz CT molecular complexity index is 724. The van der Waals surface area contributed by atoms with Crippen LogP contribution in [0.1, 0.15) is 12.0 Å². The highest BCUT2D eigenvalue weighted by atomic mass is 32.2. The van der Waals surface area contributed by atoms with Gasteiger partial charge in [0.25, 0.3) is 15.9 Å². The van der Waals surface area contributed by atoms with Crippen LogP contribution in [0.5, 0.6) is 0 Å². The zero-order chi connectivity index (χ0) is 16.5. The summed E-state index contributed by atoms with van der Waals surface area (Å²) in [5, 5.41) is 8.94. The lowest BCUT2D eigenvalue weighted by molar-refractivity contribution is -0.142. The summed E-state index contributed by atoms with van der Waals surface area (Å²) < 4.78 is 26.1. The van der Waals surface area contributed by atoms with E-state index in [1.807, 2.05) is 6.92 Å². The molecule has 1 atom stereocenters. The molecule has 0 aromatic heterocycles. The molecule has 1 aromatic carbocycles. The van der Waals surface area contributed by atoms with Crippen LogP contribution < -0.4 is 0 Å². The molecule has 1 aliphatic rings. The fourth-order valence-corrected chi connectivity index (χ4v) is 3.55. The minimum Gasteiger partial charge on any atom is -0.481 e. The lowest BCUT2D eigenvalue weighted by Crippen LogP contribution is -2.50. The Hall–Kier alpha value is -2.35. The van der Waals surface area contributed by atoms with E-state index in [0.717, 1.165) is 9.87 Å². The second-order valence-corrected chi connectivity index (χ2v) is 6.85. The van der Waals surface area contributed by atoms with E-state index in [4.69, 9.17) is 5.11 Å². The standard InChI is InChI=1S/C14H16N2O5S/c1-10-3-5-11(6-4-10)22(20,21)16-8-7-15(2)14(19)12(16)9-13(17)18/h3-8,12H,9H2,1-2H3,(H,17,18)/t12-/m1/s1. The quantitative estimate of drug-likeness (QED) is 0.883. The maximum atomic E-state index is 12.7. The molecule has 0 saturated heterocycles. The largest absolute Gasteiger partial charge is 0.481 e. The summed E-state index contributed by atoms with van der Waals surface area (Å²) in [6.07, 6.45) is 1.91. The molecule has 118 valence electrons. The molecule has 0 fully saturated rings. The predicted molar refractivity (Wildman–Crippen MR) is 78.2 cm³/mol. The summed E-state index contributed by atoms with van der Waals surface area (Å²) in [5.74, 6) is -1.83. The third-order valence-electron chi connectivity index (χ3n) is 3.34. The van der Waals surface area contributed by atoms with Crippen LogP contribution in [0.25, 0.3) is 0 Å². The number of carbonyl (C=O) groups is 2. The van der Waals surface area contributed by atoms with Crippen LogP contribution in [-0.4, -0.2) is 47.7 Å². The van der Waals surface area contributed by atoms with Crippen molar-refractivity contribution in [1.82, 2.24) is 9.21 Å². The van der Waals surface area contributed by atoms with Crippen LogP contribution in [0.2, 0.25) is 0 Å². The summed E-state index contributed by atoms with van der Waals surface area (Å²) in [6.45, 7) is 1.82. The maximum Gasteiger partial charge on any atom is 0.306 e. The molecule has 8 heteroatoms. The van der Waals surface area contributed by atoms with Gasteiger partial charge in [0.15, 0.2) is 0 Å². The lowest BCUT2D eigenvalue weighted by atomic mass is 10.1. The monoisotopic (exact) mass is 324 g/mol. The molecule has 1 aliphatic heterocycles. The Balaban J connectivity index is 2.46. The van der Waals surface area contributed by atoms with Crippen LogP contribution >= 0.6 is 0 Å². The van der Waals surface area contributed by atoms with Gasteiger partial charge in [-0.25, -0.2) is 8.42 Å². The van der Waals surface area contributed by atoms with E-state index in [1.165, 1.54) is 36.5 Å². The molecule has 0 radical (unpaired) electrons. The molecule has 0 bridgehead atoms. The number of likely N-dealkylation sites (N-methyl/N-ethyl adjacent to an activating group) is 1. The zero-order valence-corrected chi connectivity index (χ0v) is 12.9. The number of benzene rings is 1. The minimum atomic E-state index is -3.99. The molecule has 1 N–H and O–H groups in total. The number of rotatable bonds is 4. The predicted octanol–water partition coefficient (Wildman–Crippen LogP) is 0.772. The summed E-state index contributed by atoms with van der Waals surface area (Å²) >= 11 is 0. The van der Waals surface area contributed by atoms with Gasteiger partial charge in [0.2, 0.25) is 0 Å². The summed E-state index contributed by atoms with van der Waals surface area (Å²) in [5.41, 5.74) is 0.894. The van der Waals surface area contributed by atoms with Crippen molar-refractivity contribution in [1.29, 1.82) is 0 Å². The number of carboxylic acids is 1. The van der Waals surface area contributed by atoms with Crippen molar-refractivity contribution < 1.29 is 23.1 Å². The molecule has 0 saturated carbocycles. The van der Waals surface area contributed by atoms with Crippen molar-refractivity contribution in [3.8, 4) is 0 Å². The van der Waals surface area contributed by atoms with Crippen molar-refractivity contribution >= 4 is 21.9 Å². The summed E-state index contributed by atoms with van der Waals surface area (Å²) in [4.78, 5) is 24.3. The van der Waals surface area contributed by atoms with E-state index in [9.17, 15) is 18.0 Å². The van der Waals surface area contributed by atoms with Crippen LogP contribution in [-0.2, 0) is 19.6 Å². The molecule has 0 spiro atoms. The highest BCUT2D eigenvalue weighted by Crippen LogP contribution is 2.24. The number of nitrogens with zero attached hydrogens (tertiary/aromatic N) is 2. The third-order valence-corrected chi connectivity index (χ3v) is 5.14. The topological polar surface area (TPSA) is 95.0 Å². The summed E-state index contributed by atoms with van der Waals surface area (Å²) in [7, 11) is -2.55. The van der Waals surface area contributed by atoms with Crippen LogP contribution in [0.4, 0.5) is 0 Å². The molecule has 0 aliphatic carbocycles. The van der Waals surface area contributed by atoms with E-state index in [2.05, 4.69) is 0 Å². The first-order chi connectivity index (χ1) is 10.2. The van der Waals surface area contributed by atoms with Gasteiger partial charge >= 0.3 is 5.97 Å². The van der Waals surface area contributed by atoms with E-state index in [0.29, 0.717) is 0 Å². The van der Waals surface area contributed by atoms with Crippen molar-refractivity contribution in [2.75, 3.05) is 7.05 Å². The van der Waals surface area contributed by atoms with Gasteiger partial charge in [-0.2, -0.15) is 0 Å². The fourth-order valence-electron chi connectivity index (χ4n) is 2.11. The number of carbonyl (C=O) groups excluding carboxylic acids is 1. The lowest BCUT2D eigenvalue weighted by Gasteiger charge is -2.33. The Kier molecular flexibility index (Phi) is 4.23. The zero-order valence-electron chi connectivity index (χ0n) is 12.1. The number of amides is 1. The Labute approximate surface area is 128 Å². The Morgan fingerprint density at radius 3 is 2.36 bits per heavy atom. The van der Waals surface area contributed by atoms with Gasteiger partial charge in [-0.05, 0) is 19.1 Å². The van der Waals surface area contributed by atoms with E-state index in [-0.39, 0.29) is 4.90 Å². The first-order valence-electron chi connectivity index (χ1n) is 6.50. The second kappa shape index (κ2) is 5.80. The highest BCUT2D eigenvalue weighted by molar-refractivity contribution is 7.89. The SMILES string of the molecule is Cc1ccc(S(=O)(=O)N2C=CN(C)C(=O)[C@H]2CC(=O)O)cc1. The highest BCUT2D eigenvalue weighted by Gasteiger charge is 2.38. The first kappa shape index (κ1) is 16.0. The summed E-state index contributed by atoms with van der Waals surface area (Å²) in [6, 6.07) is 4.85. The van der Waals surface area contributed by atoms with Gasteiger partial charge < -0.3 is 10.0 Å². The van der Waals surface area contributed by atoms with Gasteiger partial charge in [-0.1, -0.05) is 17.7 Å².